The number of nitrogens with one attached hydrogen (secondary N) is 3. The third-order valence-electron chi connectivity index (χ3n) is 5.64. The van der Waals surface area contributed by atoms with Crippen LogP contribution < -0.4 is 15.4 Å². The molecule has 0 spiro atoms. The number of rotatable bonds is 4. The van der Waals surface area contributed by atoms with Crippen molar-refractivity contribution in [1.82, 2.24) is 15.5 Å². The number of hydrogen-bond acceptors (Lipinski definition) is 7. The Balaban J connectivity index is 1.56. The van der Waals surface area contributed by atoms with Gasteiger partial charge in [0.1, 0.15) is 23.8 Å². The van der Waals surface area contributed by atoms with Crippen molar-refractivity contribution in [1.29, 1.82) is 5.41 Å². The molecule has 4 N–H and O–H groups in total. The molecule has 0 unspecified atom stereocenters. The van der Waals surface area contributed by atoms with E-state index in [1.54, 1.807) is 29.2 Å². The topological polar surface area (TPSA) is 110 Å². The summed E-state index contributed by atoms with van der Waals surface area (Å²) in [6.07, 6.45) is -0.313. The highest BCUT2D eigenvalue weighted by molar-refractivity contribution is 6.43. The largest absolute Gasteiger partial charge is 0.486 e. The first-order valence-electron chi connectivity index (χ1n) is 10.3. The summed E-state index contributed by atoms with van der Waals surface area (Å²) in [4.78, 5) is 19.4. The summed E-state index contributed by atoms with van der Waals surface area (Å²) in [5.74, 6) is 0.779. The smallest absolute Gasteiger partial charge is 0.258 e. The number of likely N-dealkylation sites (tertiary alicyclic amines) is 1. The minimum atomic E-state index is -0.620. The molecule has 3 heterocycles. The van der Waals surface area contributed by atoms with Crippen LogP contribution in [0, 0.1) is 5.41 Å². The summed E-state index contributed by atoms with van der Waals surface area (Å²) < 4.78 is 5.94. The maximum absolute atomic E-state index is 13.3. The number of aliphatic hydroxyl groups excluding tert-OH is 1. The van der Waals surface area contributed by atoms with Crippen LogP contribution in [0.1, 0.15) is 30.6 Å². The SMILES string of the molecule is CCC1=C(Cl)C(C)=N/C(=C2\CN(C(=O)c3ccccc3O[C@H]3CNC[C@@H]3O)CC2=N)N1. The van der Waals surface area contributed by atoms with Crippen molar-refractivity contribution in [2.75, 3.05) is 26.2 Å². The number of ether oxygens (including phenoxy) is 1. The predicted octanol–water partition coefficient (Wildman–Crippen LogP) is 2.01. The molecule has 9 heteroatoms. The van der Waals surface area contributed by atoms with E-state index < -0.39 is 12.2 Å². The summed E-state index contributed by atoms with van der Waals surface area (Å²) in [6.45, 7) is 5.28. The van der Waals surface area contributed by atoms with Crippen LogP contribution in [0.5, 0.6) is 5.75 Å². The van der Waals surface area contributed by atoms with Crippen LogP contribution in [0.3, 0.4) is 0 Å². The van der Waals surface area contributed by atoms with E-state index in [-0.39, 0.29) is 19.0 Å². The molecule has 0 aliphatic carbocycles. The number of amides is 1. The van der Waals surface area contributed by atoms with E-state index in [2.05, 4.69) is 15.6 Å². The van der Waals surface area contributed by atoms with Gasteiger partial charge in [0.15, 0.2) is 0 Å². The first kappa shape index (κ1) is 21.5. The highest BCUT2D eigenvalue weighted by atomic mass is 35.5. The third-order valence-corrected chi connectivity index (χ3v) is 6.15. The van der Waals surface area contributed by atoms with Crippen LogP contribution in [-0.4, -0.2) is 65.7 Å². The standard InChI is InChI=1S/C22H26ClN5O3/c1-3-16-20(23)12(2)26-21(27-16)14-10-28(11-15(14)24)22(30)13-6-4-5-7-18(13)31-19-9-25-8-17(19)29/h4-7,17,19,24-25,27,29H,3,8-11H2,1-2H3/b21-14-,24-15?/t17-,19-/m0/s1. The van der Waals surface area contributed by atoms with Crippen LogP contribution in [-0.2, 0) is 0 Å². The molecule has 1 amide bonds. The van der Waals surface area contributed by atoms with Crippen molar-refractivity contribution >= 4 is 28.9 Å². The number of benzene rings is 1. The number of aliphatic hydroxyl groups is 1. The van der Waals surface area contributed by atoms with Crippen molar-refractivity contribution < 1.29 is 14.6 Å². The second-order valence-electron chi connectivity index (χ2n) is 7.81. The summed E-state index contributed by atoms with van der Waals surface area (Å²) in [6, 6.07) is 7.02. The lowest BCUT2D eigenvalue weighted by atomic mass is 10.1. The molecule has 3 aliphatic rings. The monoisotopic (exact) mass is 443 g/mol. The van der Waals surface area contributed by atoms with Crippen LogP contribution in [0.15, 0.2) is 51.4 Å². The second kappa shape index (κ2) is 8.82. The summed E-state index contributed by atoms with van der Waals surface area (Å²) in [5.41, 5.74) is 2.98. The van der Waals surface area contributed by atoms with Gasteiger partial charge < -0.3 is 30.8 Å². The molecular weight excluding hydrogens is 418 g/mol. The Kier molecular flexibility index (Phi) is 6.13. The number of carbonyl (C=O) groups excluding carboxylic acids is 1. The molecule has 3 aliphatic heterocycles. The van der Waals surface area contributed by atoms with Crippen molar-refractivity contribution in [3.63, 3.8) is 0 Å². The maximum atomic E-state index is 13.3. The molecule has 8 nitrogen and oxygen atoms in total. The fourth-order valence-corrected chi connectivity index (χ4v) is 4.10. The third kappa shape index (κ3) is 4.23. The fourth-order valence-electron chi connectivity index (χ4n) is 3.88. The maximum Gasteiger partial charge on any atom is 0.258 e. The molecule has 4 rings (SSSR count). The molecule has 0 aromatic heterocycles. The average Bonchev–Trinajstić information content (AvgIpc) is 3.35. The van der Waals surface area contributed by atoms with E-state index in [9.17, 15) is 9.90 Å². The number of para-hydroxylation sites is 1. The van der Waals surface area contributed by atoms with Gasteiger partial charge in [-0.1, -0.05) is 30.7 Å². The van der Waals surface area contributed by atoms with E-state index in [0.717, 1.165) is 5.70 Å². The Bertz CT molecular complexity index is 1020. The van der Waals surface area contributed by atoms with Gasteiger partial charge in [-0.2, -0.15) is 0 Å². The quantitative estimate of drug-likeness (QED) is 0.569. The van der Waals surface area contributed by atoms with E-state index in [4.69, 9.17) is 21.7 Å². The van der Waals surface area contributed by atoms with Crippen molar-refractivity contribution in [3.8, 4) is 5.75 Å². The molecule has 2 saturated heterocycles. The van der Waals surface area contributed by atoms with Gasteiger partial charge >= 0.3 is 0 Å². The van der Waals surface area contributed by atoms with Gasteiger partial charge in [-0.3, -0.25) is 4.79 Å². The second-order valence-corrected chi connectivity index (χ2v) is 8.19. The highest BCUT2D eigenvalue weighted by Crippen LogP contribution is 2.28. The van der Waals surface area contributed by atoms with E-state index >= 15 is 0 Å². The van der Waals surface area contributed by atoms with Gasteiger partial charge in [0.2, 0.25) is 0 Å². The zero-order chi connectivity index (χ0) is 22.1. The van der Waals surface area contributed by atoms with Crippen molar-refractivity contribution in [2.24, 2.45) is 4.99 Å². The van der Waals surface area contributed by atoms with Gasteiger partial charge in [0.05, 0.1) is 35.1 Å². The Hall–Kier alpha value is -2.68. The van der Waals surface area contributed by atoms with Crippen LogP contribution in [0.25, 0.3) is 0 Å². The molecule has 2 fully saturated rings. The zero-order valence-corrected chi connectivity index (χ0v) is 18.3. The minimum Gasteiger partial charge on any atom is -0.486 e. The number of allylic oxidation sites excluding steroid dienone is 2. The Morgan fingerprint density at radius 1 is 1.35 bits per heavy atom. The molecular formula is C22H26ClN5O3. The Morgan fingerprint density at radius 3 is 2.84 bits per heavy atom. The molecule has 0 radical (unpaired) electrons. The Labute approximate surface area is 186 Å². The van der Waals surface area contributed by atoms with Crippen LogP contribution in [0.4, 0.5) is 0 Å². The summed E-state index contributed by atoms with van der Waals surface area (Å²) in [7, 11) is 0. The van der Waals surface area contributed by atoms with Crippen LogP contribution >= 0.6 is 11.6 Å². The molecule has 0 bridgehead atoms. The number of carbonyl (C=O) groups is 1. The van der Waals surface area contributed by atoms with Gasteiger partial charge in [-0.15, -0.1) is 0 Å². The number of hydrogen-bond donors (Lipinski definition) is 4. The van der Waals surface area contributed by atoms with Crippen LogP contribution in [0.2, 0.25) is 0 Å². The van der Waals surface area contributed by atoms with Gasteiger partial charge in [0, 0.05) is 24.4 Å². The van der Waals surface area contributed by atoms with Crippen molar-refractivity contribution in [2.45, 2.75) is 32.5 Å². The van der Waals surface area contributed by atoms with Crippen molar-refractivity contribution in [3.05, 3.63) is 52.0 Å². The van der Waals surface area contributed by atoms with E-state index in [0.29, 0.717) is 58.7 Å². The molecule has 1 aromatic rings. The molecule has 164 valence electrons. The van der Waals surface area contributed by atoms with E-state index in [1.165, 1.54) is 0 Å². The number of β-amino-alcohol motifs (C(OH)–C–C–N with tert-alkyl or cyclic N) is 1. The van der Waals surface area contributed by atoms with Gasteiger partial charge in [-0.25, -0.2) is 4.99 Å². The summed E-state index contributed by atoms with van der Waals surface area (Å²) >= 11 is 6.31. The Morgan fingerprint density at radius 2 is 2.13 bits per heavy atom. The number of nitrogens with zero attached hydrogens (tertiary/aromatic N) is 2. The molecule has 1 aromatic carbocycles. The first-order valence-corrected chi connectivity index (χ1v) is 10.7. The van der Waals surface area contributed by atoms with E-state index in [1.807, 2.05) is 13.8 Å². The lowest BCUT2D eigenvalue weighted by Crippen LogP contribution is -2.32. The lowest BCUT2D eigenvalue weighted by Gasteiger charge is -2.21. The number of aliphatic imine (C=N–C) groups is 1. The number of halogens is 1. The summed E-state index contributed by atoms with van der Waals surface area (Å²) in [5, 5.41) is 25.4. The molecule has 0 saturated carbocycles. The van der Waals surface area contributed by atoms with Gasteiger partial charge in [0.25, 0.3) is 5.91 Å². The molecule has 31 heavy (non-hydrogen) atoms. The predicted molar refractivity (Wildman–Crippen MR) is 120 cm³/mol. The fraction of sp³-hybridized carbons (Fsp3) is 0.409. The zero-order valence-electron chi connectivity index (χ0n) is 17.5. The highest BCUT2D eigenvalue weighted by Gasteiger charge is 2.33. The normalized spacial score (nSPS) is 26.3. The average molecular weight is 444 g/mol. The molecule has 2 atom stereocenters. The van der Waals surface area contributed by atoms with Gasteiger partial charge in [-0.05, 0) is 25.5 Å². The lowest BCUT2D eigenvalue weighted by molar-refractivity contribution is 0.0689. The first-order chi connectivity index (χ1) is 14.9. The minimum absolute atomic E-state index is 0.189.